The third kappa shape index (κ3) is 1.59. The molecule has 17 heavy (non-hydrogen) atoms. The molecule has 0 N–H and O–H groups in total. The van der Waals surface area contributed by atoms with Crippen LogP contribution >= 0.6 is 0 Å². The van der Waals surface area contributed by atoms with Gasteiger partial charge in [0.2, 0.25) is 0 Å². The Morgan fingerprint density at radius 2 is 2.12 bits per heavy atom. The summed E-state index contributed by atoms with van der Waals surface area (Å²) < 4.78 is 0. The van der Waals surface area contributed by atoms with Crippen molar-refractivity contribution in [2.45, 2.75) is 32.6 Å². The molecule has 1 aromatic carbocycles. The number of fused-ring (bicyclic) bond motifs is 3. The molecule has 0 fully saturated rings. The Kier molecular flexibility index (Phi) is 2.51. The van der Waals surface area contributed by atoms with Crippen LogP contribution in [0.1, 0.15) is 42.4 Å². The number of benzene rings is 1. The first-order valence-corrected chi connectivity index (χ1v) is 6.43. The molecule has 0 heteroatoms. The summed E-state index contributed by atoms with van der Waals surface area (Å²) in [4.78, 5) is 0. The molecule has 86 valence electrons. The van der Waals surface area contributed by atoms with Crippen LogP contribution in [0.2, 0.25) is 0 Å². The van der Waals surface area contributed by atoms with E-state index in [0.717, 1.165) is 6.42 Å². The third-order valence-electron chi connectivity index (χ3n) is 3.85. The Labute approximate surface area is 103 Å². The lowest BCUT2D eigenvalue weighted by Gasteiger charge is -2.18. The minimum atomic E-state index is 0.640. The van der Waals surface area contributed by atoms with Gasteiger partial charge in [-0.15, -0.1) is 0 Å². The van der Waals surface area contributed by atoms with Crippen molar-refractivity contribution < 1.29 is 0 Å². The second-order valence-corrected chi connectivity index (χ2v) is 4.99. The zero-order valence-electron chi connectivity index (χ0n) is 10.5. The first kappa shape index (κ1) is 10.6. The number of aryl methyl sites for hydroxylation is 1. The number of hydrogen-bond donors (Lipinski definition) is 0. The average molecular weight is 222 g/mol. The van der Waals surface area contributed by atoms with Gasteiger partial charge in [0.25, 0.3) is 0 Å². The standard InChI is InChI=1S/C17H18/c1-3-6-13-14-7-4-5-8-15(14)17-11-12(2)9-10-16(13)17/h3-6,9-11,15H,7-8H2,1-2H3/b6-3-. The maximum atomic E-state index is 2.37. The Morgan fingerprint density at radius 1 is 1.24 bits per heavy atom. The maximum Gasteiger partial charge on any atom is 0.0101 e. The van der Waals surface area contributed by atoms with Gasteiger partial charge in [-0.3, -0.25) is 0 Å². The third-order valence-corrected chi connectivity index (χ3v) is 3.85. The molecule has 0 spiro atoms. The molecule has 2 aliphatic carbocycles. The zero-order chi connectivity index (χ0) is 11.8. The first-order valence-electron chi connectivity index (χ1n) is 6.43. The Balaban J connectivity index is 2.21. The molecule has 1 unspecified atom stereocenters. The topological polar surface area (TPSA) is 0 Å². The minimum Gasteiger partial charge on any atom is -0.0873 e. The van der Waals surface area contributed by atoms with E-state index >= 15 is 0 Å². The summed E-state index contributed by atoms with van der Waals surface area (Å²) in [6, 6.07) is 6.90. The van der Waals surface area contributed by atoms with Crippen LogP contribution in [0, 0.1) is 6.92 Å². The summed E-state index contributed by atoms with van der Waals surface area (Å²) >= 11 is 0. The summed E-state index contributed by atoms with van der Waals surface area (Å²) in [6.45, 7) is 4.29. The summed E-state index contributed by atoms with van der Waals surface area (Å²) in [5.41, 5.74) is 7.46. The van der Waals surface area contributed by atoms with Crippen molar-refractivity contribution in [3.05, 3.63) is 64.8 Å². The highest BCUT2D eigenvalue weighted by Gasteiger charge is 2.29. The van der Waals surface area contributed by atoms with Gasteiger partial charge < -0.3 is 0 Å². The Hall–Kier alpha value is -1.56. The van der Waals surface area contributed by atoms with Gasteiger partial charge in [0, 0.05) is 5.92 Å². The zero-order valence-corrected chi connectivity index (χ0v) is 10.5. The van der Waals surface area contributed by atoms with E-state index in [9.17, 15) is 0 Å². The molecule has 0 heterocycles. The van der Waals surface area contributed by atoms with E-state index in [-0.39, 0.29) is 0 Å². The summed E-state index contributed by atoms with van der Waals surface area (Å²) in [5.74, 6) is 0.640. The van der Waals surface area contributed by atoms with E-state index in [1.54, 1.807) is 5.57 Å². The smallest absolute Gasteiger partial charge is 0.0101 e. The minimum absolute atomic E-state index is 0.640. The predicted octanol–water partition coefficient (Wildman–Crippen LogP) is 4.77. The van der Waals surface area contributed by atoms with Crippen LogP contribution in [0.25, 0.3) is 5.57 Å². The van der Waals surface area contributed by atoms with Gasteiger partial charge in [0.05, 0.1) is 0 Å². The number of allylic oxidation sites excluding steroid dienone is 6. The second-order valence-electron chi connectivity index (χ2n) is 4.99. The molecule has 0 bridgehead atoms. The van der Waals surface area contributed by atoms with Gasteiger partial charge in [0.15, 0.2) is 0 Å². The second kappa shape index (κ2) is 4.03. The van der Waals surface area contributed by atoms with Crippen LogP contribution in [-0.2, 0) is 0 Å². The number of hydrogen-bond acceptors (Lipinski definition) is 0. The van der Waals surface area contributed by atoms with Gasteiger partial charge in [-0.05, 0) is 43.4 Å². The van der Waals surface area contributed by atoms with Crippen LogP contribution < -0.4 is 0 Å². The SMILES string of the molecule is C/C=C\C1=C2CC=CCC2c2cc(C)ccc21. The summed E-state index contributed by atoms with van der Waals surface area (Å²) in [7, 11) is 0. The van der Waals surface area contributed by atoms with Crippen molar-refractivity contribution in [3.63, 3.8) is 0 Å². The van der Waals surface area contributed by atoms with Gasteiger partial charge in [-0.1, -0.05) is 53.6 Å². The van der Waals surface area contributed by atoms with Crippen molar-refractivity contribution in [2.75, 3.05) is 0 Å². The van der Waals surface area contributed by atoms with Crippen LogP contribution in [0.3, 0.4) is 0 Å². The van der Waals surface area contributed by atoms with Crippen molar-refractivity contribution in [1.82, 2.24) is 0 Å². The van der Waals surface area contributed by atoms with Crippen LogP contribution in [0.5, 0.6) is 0 Å². The molecule has 0 nitrogen and oxygen atoms in total. The van der Waals surface area contributed by atoms with E-state index in [4.69, 9.17) is 0 Å². The highest BCUT2D eigenvalue weighted by molar-refractivity contribution is 5.85. The fourth-order valence-electron chi connectivity index (χ4n) is 3.09. The lowest BCUT2D eigenvalue weighted by molar-refractivity contribution is 0.779. The highest BCUT2D eigenvalue weighted by atomic mass is 14.3. The molecule has 2 aliphatic rings. The quantitative estimate of drug-likeness (QED) is 0.600. The van der Waals surface area contributed by atoms with Crippen molar-refractivity contribution in [3.8, 4) is 0 Å². The lowest BCUT2D eigenvalue weighted by Crippen LogP contribution is -2.01. The molecular formula is C17H18. The van der Waals surface area contributed by atoms with Gasteiger partial charge in [-0.25, -0.2) is 0 Å². The molecule has 0 aliphatic heterocycles. The van der Waals surface area contributed by atoms with E-state index in [1.165, 1.54) is 28.7 Å². The average Bonchev–Trinajstić information content (AvgIpc) is 2.65. The van der Waals surface area contributed by atoms with Gasteiger partial charge >= 0.3 is 0 Å². The monoisotopic (exact) mass is 222 g/mol. The normalized spacial score (nSPS) is 22.1. The van der Waals surface area contributed by atoms with E-state index in [1.807, 2.05) is 0 Å². The molecule has 1 aromatic rings. The predicted molar refractivity (Wildman–Crippen MR) is 74.0 cm³/mol. The van der Waals surface area contributed by atoms with Crippen molar-refractivity contribution >= 4 is 5.57 Å². The Bertz CT molecular complexity index is 541. The first-order chi connectivity index (χ1) is 8.31. The van der Waals surface area contributed by atoms with Crippen LogP contribution in [-0.4, -0.2) is 0 Å². The highest BCUT2D eigenvalue weighted by Crippen LogP contribution is 2.47. The summed E-state index contributed by atoms with van der Waals surface area (Å²) in [6.07, 6.45) is 11.4. The Morgan fingerprint density at radius 3 is 2.94 bits per heavy atom. The molecule has 1 atom stereocenters. The largest absolute Gasteiger partial charge is 0.0873 e. The molecule has 0 aromatic heterocycles. The summed E-state index contributed by atoms with van der Waals surface area (Å²) in [5, 5.41) is 0. The van der Waals surface area contributed by atoms with E-state index in [2.05, 4.69) is 56.4 Å². The fourth-order valence-corrected chi connectivity index (χ4v) is 3.09. The van der Waals surface area contributed by atoms with Gasteiger partial charge in [0.1, 0.15) is 0 Å². The fraction of sp³-hybridized carbons (Fsp3) is 0.294. The van der Waals surface area contributed by atoms with Crippen LogP contribution in [0.4, 0.5) is 0 Å². The molecule has 3 rings (SSSR count). The van der Waals surface area contributed by atoms with Crippen LogP contribution in [0.15, 0.2) is 48.1 Å². The van der Waals surface area contributed by atoms with Crippen molar-refractivity contribution in [2.24, 2.45) is 0 Å². The molecule has 0 saturated carbocycles. The molecule has 0 radical (unpaired) electrons. The van der Waals surface area contributed by atoms with E-state index < -0.39 is 0 Å². The van der Waals surface area contributed by atoms with Gasteiger partial charge in [-0.2, -0.15) is 0 Å². The lowest BCUT2D eigenvalue weighted by atomic mass is 9.86. The van der Waals surface area contributed by atoms with Crippen molar-refractivity contribution in [1.29, 1.82) is 0 Å². The molecular weight excluding hydrogens is 204 g/mol. The molecule has 0 amide bonds. The molecule has 0 saturated heterocycles. The maximum absolute atomic E-state index is 2.37. The van der Waals surface area contributed by atoms with E-state index in [0.29, 0.717) is 5.92 Å². The number of rotatable bonds is 1.